The van der Waals surface area contributed by atoms with Crippen molar-refractivity contribution in [1.82, 2.24) is 10.2 Å². The van der Waals surface area contributed by atoms with E-state index in [9.17, 15) is 0 Å². The quantitative estimate of drug-likeness (QED) is 0.890. The van der Waals surface area contributed by atoms with Gasteiger partial charge in [0.05, 0.1) is 0 Å². The molecule has 1 aliphatic heterocycles. The number of nitrogens with zero attached hydrogens (tertiary/aromatic N) is 1. The van der Waals surface area contributed by atoms with E-state index in [0.29, 0.717) is 0 Å². The predicted molar refractivity (Wildman–Crippen MR) is 80.6 cm³/mol. The minimum absolute atomic E-state index is 0.831. The Morgan fingerprint density at radius 3 is 2.89 bits per heavy atom. The summed E-state index contributed by atoms with van der Waals surface area (Å²) in [6.07, 6.45) is 4.23. The SMILES string of the molecule is Cc1cc(Cl)ccc1CNCC1CCN(C2CC2)C1. The average Bonchev–Trinajstić information content (AvgIpc) is 3.13. The molecule has 19 heavy (non-hydrogen) atoms. The fourth-order valence-corrected chi connectivity index (χ4v) is 3.30. The summed E-state index contributed by atoms with van der Waals surface area (Å²) in [5.74, 6) is 0.841. The third-order valence-electron chi connectivity index (χ3n) is 4.43. The molecule has 1 aromatic rings. The van der Waals surface area contributed by atoms with E-state index < -0.39 is 0 Å². The Kier molecular flexibility index (Phi) is 4.11. The van der Waals surface area contributed by atoms with Gasteiger partial charge in [-0.2, -0.15) is 0 Å². The fraction of sp³-hybridized carbons (Fsp3) is 0.625. The lowest BCUT2D eigenvalue weighted by atomic mass is 10.1. The van der Waals surface area contributed by atoms with Crippen molar-refractivity contribution in [3.63, 3.8) is 0 Å². The molecule has 1 aliphatic carbocycles. The molecule has 0 amide bonds. The van der Waals surface area contributed by atoms with Crippen LogP contribution in [0.1, 0.15) is 30.4 Å². The summed E-state index contributed by atoms with van der Waals surface area (Å²) in [4.78, 5) is 2.68. The maximum Gasteiger partial charge on any atom is 0.0408 e. The number of benzene rings is 1. The van der Waals surface area contributed by atoms with Crippen molar-refractivity contribution in [3.8, 4) is 0 Å². The van der Waals surface area contributed by atoms with Gasteiger partial charge in [0.15, 0.2) is 0 Å². The van der Waals surface area contributed by atoms with Crippen LogP contribution in [0.15, 0.2) is 18.2 Å². The first-order chi connectivity index (χ1) is 9.22. The summed E-state index contributed by atoms with van der Waals surface area (Å²) < 4.78 is 0. The number of nitrogens with one attached hydrogen (secondary N) is 1. The second-order valence-corrected chi connectivity index (χ2v) is 6.52. The monoisotopic (exact) mass is 278 g/mol. The van der Waals surface area contributed by atoms with Crippen LogP contribution < -0.4 is 5.32 Å². The van der Waals surface area contributed by atoms with E-state index in [-0.39, 0.29) is 0 Å². The molecular formula is C16H23ClN2. The summed E-state index contributed by atoms with van der Waals surface area (Å²) >= 11 is 5.98. The minimum atomic E-state index is 0.831. The van der Waals surface area contributed by atoms with Crippen LogP contribution in [0.4, 0.5) is 0 Å². The van der Waals surface area contributed by atoms with E-state index in [4.69, 9.17) is 11.6 Å². The second-order valence-electron chi connectivity index (χ2n) is 6.08. The van der Waals surface area contributed by atoms with Gasteiger partial charge in [0.25, 0.3) is 0 Å². The molecule has 104 valence electrons. The molecule has 0 radical (unpaired) electrons. The van der Waals surface area contributed by atoms with Crippen molar-refractivity contribution in [3.05, 3.63) is 34.3 Å². The van der Waals surface area contributed by atoms with Gasteiger partial charge in [-0.1, -0.05) is 17.7 Å². The van der Waals surface area contributed by atoms with Crippen LogP contribution in [0.3, 0.4) is 0 Å². The molecule has 3 rings (SSSR count). The van der Waals surface area contributed by atoms with Crippen molar-refractivity contribution in [2.75, 3.05) is 19.6 Å². The Morgan fingerprint density at radius 1 is 1.32 bits per heavy atom. The van der Waals surface area contributed by atoms with Crippen molar-refractivity contribution >= 4 is 11.6 Å². The van der Waals surface area contributed by atoms with Crippen LogP contribution in [0.2, 0.25) is 5.02 Å². The highest BCUT2D eigenvalue weighted by molar-refractivity contribution is 6.30. The van der Waals surface area contributed by atoms with Gasteiger partial charge < -0.3 is 10.2 Å². The smallest absolute Gasteiger partial charge is 0.0408 e. The molecule has 1 unspecified atom stereocenters. The van der Waals surface area contributed by atoms with E-state index in [1.807, 2.05) is 12.1 Å². The molecule has 1 heterocycles. The van der Waals surface area contributed by atoms with Crippen LogP contribution in [-0.4, -0.2) is 30.6 Å². The molecule has 0 bridgehead atoms. The first kappa shape index (κ1) is 13.4. The van der Waals surface area contributed by atoms with Gasteiger partial charge in [-0.05, 0) is 68.5 Å². The van der Waals surface area contributed by atoms with Gasteiger partial charge in [0.1, 0.15) is 0 Å². The number of likely N-dealkylation sites (tertiary alicyclic amines) is 1. The average molecular weight is 279 g/mol. The lowest BCUT2D eigenvalue weighted by Crippen LogP contribution is -2.27. The van der Waals surface area contributed by atoms with Gasteiger partial charge in [0, 0.05) is 24.2 Å². The Morgan fingerprint density at radius 2 is 2.16 bits per heavy atom. The Bertz CT molecular complexity index is 442. The number of hydrogen-bond donors (Lipinski definition) is 1. The van der Waals surface area contributed by atoms with Crippen molar-refractivity contribution < 1.29 is 0 Å². The van der Waals surface area contributed by atoms with E-state index in [2.05, 4.69) is 23.2 Å². The van der Waals surface area contributed by atoms with E-state index >= 15 is 0 Å². The number of rotatable bonds is 5. The van der Waals surface area contributed by atoms with Crippen molar-refractivity contribution in [2.24, 2.45) is 5.92 Å². The normalized spacial score (nSPS) is 24.0. The van der Waals surface area contributed by atoms with E-state index in [1.54, 1.807) is 0 Å². The molecule has 1 N–H and O–H groups in total. The van der Waals surface area contributed by atoms with Gasteiger partial charge in [0.2, 0.25) is 0 Å². The Balaban J connectivity index is 1.43. The van der Waals surface area contributed by atoms with Crippen LogP contribution in [0, 0.1) is 12.8 Å². The molecule has 0 aromatic heterocycles. The van der Waals surface area contributed by atoms with Gasteiger partial charge in [-0.25, -0.2) is 0 Å². The number of hydrogen-bond acceptors (Lipinski definition) is 2. The molecule has 1 aromatic carbocycles. The van der Waals surface area contributed by atoms with Crippen LogP contribution >= 0.6 is 11.6 Å². The van der Waals surface area contributed by atoms with Gasteiger partial charge in [-0.3, -0.25) is 0 Å². The summed E-state index contributed by atoms with van der Waals surface area (Å²) in [7, 11) is 0. The summed E-state index contributed by atoms with van der Waals surface area (Å²) in [6, 6.07) is 7.10. The highest BCUT2D eigenvalue weighted by Gasteiger charge is 2.33. The molecule has 1 saturated heterocycles. The Labute approximate surface area is 121 Å². The van der Waals surface area contributed by atoms with Crippen LogP contribution in [-0.2, 0) is 6.54 Å². The lowest BCUT2D eigenvalue weighted by Gasteiger charge is -2.15. The fourth-order valence-electron chi connectivity index (χ4n) is 3.07. The summed E-state index contributed by atoms with van der Waals surface area (Å²) in [6.45, 7) is 6.86. The van der Waals surface area contributed by atoms with E-state index in [1.165, 1.54) is 43.5 Å². The number of aryl methyl sites for hydroxylation is 1. The molecule has 1 saturated carbocycles. The molecule has 1 atom stereocenters. The maximum atomic E-state index is 5.98. The van der Waals surface area contributed by atoms with E-state index in [0.717, 1.165) is 30.1 Å². The summed E-state index contributed by atoms with van der Waals surface area (Å²) in [5.41, 5.74) is 2.65. The van der Waals surface area contributed by atoms with Crippen molar-refractivity contribution in [2.45, 2.75) is 38.8 Å². The van der Waals surface area contributed by atoms with Crippen LogP contribution in [0.5, 0.6) is 0 Å². The molecule has 2 fully saturated rings. The lowest BCUT2D eigenvalue weighted by molar-refractivity contribution is 0.312. The van der Waals surface area contributed by atoms with Crippen LogP contribution in [0.25, 0.3) is 0 Å². The zero-order chi connectivity index (χ0) is 13.2. The molecule has 0 spiro atoms. The minimum Gasteiger partial charge on any atom is -0.312 e. The largest absolute Gasteiger partial charge is 0.312 e. The topological polar surface area (TPSA) is 15.3 Å². The highest BCUT2D eigenvalue weighted by atomic mass is 35.5. The Hall–Kier alpha value is -0.570. The standard InChI is InChI=1S/C16H23ClN2/c1-12-8-15(17)3-2-14(12)10-18-9-13-6-7-19(11-13)16-4-5-16/h2-3,8,13,16,18H,4-7,9-11H2,1H3. The zero-order valence-electron chi connectivity index (χ0n) is 11.7. The molecule has 2 aliphatic rings. The second kappa shape index (κ2) is 5.82. The van der Waals surface area contributed by atoms with Gasteiger partial charge >= 0.3 is 0 Å². The predicted octanol–water partition coefficient (Wildman–Crippen LogP) is 3.22. The highest BCUT2D eigenvalue weighted by Crippen LogP contribution is 2.31. The third-order valence-corrected chi connectivity index (χ3v) is 4.67. The first-order valence-electron chi connectivity index (χ1n) is 7.42. The third kappa shape index (κ3) is 3.50. The first-order valence-corrected chi connectivity index (χ1v) is 7.80. The summed E-state index contributed by atoms with van der Waals surface area (Å²) in [5, 5.41) is 4.44. The molecule has 2 nitrogen and oxygen atoms in total. The van der Waals surface area contributed by atoms with Crippen molar-refractivity contribution in [1.29, 1.82) is 0 Å². The molecular weight excluding hydrogens is 256 g/mol. The maximum absolute atomic E-state index is 5.98. The van der Waals surface area contributed by atoms with Gasteiger partial charge in [-0.15, -0.1) is 0 Å². The number of halogens is 1. The molecule has 3 heteroatoms. The zero-order valence-corrected chi connectivity index (χ0v) is 12.4.